The predicted molar refractivity (Wildman–Crippen MR) is 89.4 cm³/mol. The zero-order valence-electron chi connectivity index (χ0n) is 13.1. The molecule has 1 aliphatic heterocycles. The Bertz CT molecular complexity index is 624. The lowest BCUT2D eigenvalue weighted by atomic mass is 9.98. The van der Waals surface area contributed by atoms with E-state index in [1.165, 1.54) is 16.3 Å². The number of benzene rings is 2. The predicted octanol–water partition coefficient (Wildman–Crippen LogP) is 2.18. The minimum atomic E-state index is 0.218. The van der Waals surface area contributed by atoms with Crippen molar-refractivity contribution in [2.24, 2.45) is 0 Å². The molecular formula is C18H24N2O2. The van der Waals surface area contributed by atoms with Gasteiger partial charge in [0.15, 0.2) is 0 Å². The summed E-state index contributed by atoms with van der Waals surface area (Å²) in [5.41, 5.74) is 1.29. The van der Waals surface area contributed by atoms with Crippen LogP contribution in [0.5, 0.6) is 5.75 Å². The van der Waals surface area contributed by atoms with Gasteiger partial charge in [0.25, 0.3) is 0 Å². The number of hydrogen-bond acceptors (Lipinski definition) is 4. The molecule has 1 atom stereocenters. The van der Waals surface area contributed by atoms with Crippen LogP contribution in [0, 0.1) is 0 Å². The van der Waals surface area contributed by atoms with Crippen molar-refractivity contribution >= 4 is 10.8 Å². The topological polar surface area (TPSA) is 44.7 Å². The molecule has 2 aromatic rings. The number of piperazine rings is 1. The first-order valence-electron chi connectivity index (χ1n) is 7.95. The fourth-order valence-electron chi connectivity index (χ4n) is 3.25. The van der Waals surface area contributed by atoms with Gasteiger partial charge in [-0.2, -0.15) is 0 Å². The lowest BCUT2D eigenvalue weighted by Gasteiger charge is -2.35. The highest BCUT2D eigenvalue weighted by molar-refractivity contribution is 5.84. The SMILES string of the molecule is COc1ccc2cc([C@@H](CCO)N3CCNCC3)ccc2c1. The second-order valence-corrected chi connectivity index (χ2v) is 5.79. The minimum Gasteiger partial charge on any atom is -0.497 e. The molecule has 0 aromatic heterocycles. The number of fused-ring (bicyclic) bond motifs is 1. The second kappa shape index (κ2) is 7.09. The molecule has 118 valence electrons. The Kier molecular flexibility index (Phi) is 4.93. The van der Waals surface area contributed by atoms with E-state index in [1.807, 2.05) is 6.07 Å². The van der Waals surface area contributed by atoms with Gasteiger partial charge in [0.2, 0.25) is 0 Å². The number of nitrogens with one attached hydrogen (secondary N) is 1. The first-order chi connectivity index (χ1) is 10.8. The Morgan fingerprint density at radius 3 is 2.59 bits per heavy atom. The van der Waals surface area contributed by atoms with E-state index in [1.54, 1.807) is 7.11 Å². The quantitative estimate of drug-likeness (QED) is 0.888. The molecule has 1 fully saturated rings. The van der Waals surface area contributed by atoms with Gasteiger partial charge in [0, 0.05) is 38.8 Å². The molecule has 0 radical (unpaired) electrons. The van der Waals surface area contributed by atoms with Crippen molar-refractivity contribution in [3.8, 4) is 5.75 Å². The molecule has 1 saturated heterocycles. The number of aliphatic hydroxyl groups is 1. The maximum absolute atomic E-state index is 9.45. The van der Waals surface area contributed by atoms with Crippen LogP contribution in [0.3, 0.4) is 0 Å². The zero-order chi connectivity index (χ0) is 15.4. The molecule has 1 heterocycles. The van der Waals surface area contributed by atoms with Gasteiger partial charge in [-0.15, -0.1) is 0 Å². The summed E-state index contributed by atoms with van der Waals surface area (Å²) in [6, 6.07) is 13.0. The molecule has 2 N–H and O–H groups in total. The van der Waals surface area contributed by atoms with Crippen molar-refractivity contribution < 1.29 is 9.84 Å². The maximum atomic E-state index is 9.45. The number of nitrogens with zero attached hydrogens (tertiary/aromatic N) is 1. The van der Waals surface area contributed by atoms with Crippen molar-refractivity contribution in [1.29, 1.82) is 0 Å². The first kappa shape index (κ1) is 15.3. The molecule has 0 amide bonds. The van der Waals surface area contributed by atoms with Crippen LogP contribution in [0.4, 0.5) is 0 Å². The summed E-state index contributed by atoms with van der Waals surface area (Å²) in [4.78, 5) is 2.47. The zero-order valence-corrected chi connectivity index (χ0v) is 13.1. The molecule has 4 heteroatoms. The lowest BCUT2D eigenvalue weighted by Crippen LogP contribution is -2.45. The molecule has 1 aliphatic rings. The van der Waals surface area contributed by atoms with Gasteiger partial charge in [0.1, 0.15) is 5.75 Å². The third-order valence-corrected chi connectivity index (χ3v) is 4.45. The van der Waals surface area contributed by atoms with Crippen LogP contribution in [0.25, 0.3) is 10.8 Å². The van der Waals surface area contributed by atoms with Crippen molar-refractivity contribution in [2.75, 3.05) is 39.9 Å². The van der Waals surface area contributed by atoms with Gasteiger partial charge in [-0.05, 0) is 41.0 Å². The normalized spacial score (nSPS) is 17.5. The molecule has 0 unspecified atom stereocenters. The monoisotopic (exact) mass is 300 g/mol. The smallest absolute Gasteiger partial charge is 0.119 e. The van der Waals surface area contributed by atoms with Crippen LogP contribution in [0.1, 0.15) is 18.0 Å². The largest absolute Gasteiger partial charge is 0.497 e. The van der Waals surface area contributed by atoms with Crippen molar-refractivity contribution in [2.45, 2.75) is 12.5 Å². The average molecular weight is 300 g/mol. The van der Waals surface area contributed by atoms with E-state index in [2.05, 4.69) is 40.5 Å². The lowest BCUT2D eigenvalue weighted by molar-refractivity contribution is 0.141. The average Bonchev–Trinajstić information content (AvgIpc) is 2.59. The van der Waals surface area contributed by atoms with Gasteiger partial charge in [0.05, 0.1) is 7.11 Å². The van der Waals surface area contributed by atoms with E-state index >= 15 is 0 Å². The van der Waals surface area contributed by atoms with Crippen LogP contribution in [-0.4, -0.2) is 49.9 Å². The number of rotatable bonds is 5. The summed E-state index contributed by atoms with van der Waals surface area (Å²) in [6.07, 6.45) is 0.779. The van der Waals surface area contributed by atoms with Crippen LogP contribution >= 0.6 is 0 Å². The number of hydrogen-bond donors (Lipinski definition) is 2. The molecule has 22 heavy (non-hydrogen) atoms. The molecule has 0 saturated carbocycles. The summed E-state index contributed by atoms with van der Waals surface area (Å²) in [5.74, 6) is 0.884. The van der Waals surface area contributed by atoms with Crippen LogP contribution < -0.4 is 10.1 Å². The fraction of sp³-hybridized carbons (Fsp3) is 0.444. The van der Waals surface area contributed by atoms with Gasteiger partial charge in [-0.1, -0.05) is 18.2 Å². The summed E-state index contributed by atoms with van der Waals surface area (Å²) in [5, 5.41) is 15.2. The van der Waals surface area contributed by atoms with E-state index in [0.717, 1.165) is 38.3 Å². The maximum Gasteiger partial charge on any atom is 0.119 e. The second-order valence-electron chi connectivity index (χ2n) is 5.79. The third kappa shape index (κ3) is 3.24. The highest BCUT2D eigenvalue weighted by atomic mass is 16.5. The van der Waals surface area contributed by atoms with Crippen LogP contribution in [0.15, 0.2) is 36.4 Å². The molecule has 0 bridgehead atoms. The van der Waals surface area contributed by atoms with E-state index in [9.17, 15) is 5.11 Å². The summed E-state index contributed by atoms with van der Waals surface area (Å²) >= 11 is 0. The van der Waals surface area contributed by atoms with Crippen molar-refractivity contribution in [3.63, 3.8) is 0 Å². The molecule has 0 aliphatic carbocycles. The minimum absolute atomic E-state index is 0.218. The molecule has 4 nitrogen and oxygen atoms in total. The fourth-order valence-corrected chi connectivity index (χ4v) is 3.25. The Labute approximate surface area is 131 Å². The standard InChI is InChI=1S/C18H24N2O2/c1-22-17-5-4-14-12-16(3-2-15(14)13-17)18(6-11-21)20-9-7-19-8-10-20/h2-5,12-13,18-19,21H,6-11H2,1H3/t18-/m1/s1. The number of aliphatic hydroxyl groups excluding tert-OH is 1. The van der Waals surface area contributed by atoms with Crippen LogP contribution in [-0.2, 0) is 0 Å². The Morgan fingerprint density at radius 1 is 1.14 bits per heavy atom. The summed E-state index contributed by atoms with van der Waals surface area (Å²) in [6.45, 7) is 4.32. The molecule has 2 aromatic carbocycles. The van der Waals surface area contributed by atoms with E-state index < -0.39 is 0 Å². The summed E-state index contributed by atoms with van der Waals surface area (Å²) in [7, 11) is 1.69. The van der Waals surface area contributed by atoms with Crippen molar-refractivity contribution in [3.05, 3.63) is 42.0 Å². The number of ether oxygens (including phenoxy) is 1. The van der Waals surface area contributed by atoms with Crippen LogP contribution in [0.2, 0.25) is 0 Å². The van der Waals surface area contributed by atoms with Gasteiger partial charge in [-0.25, -0.2) is 0 Å². The summed E-state index contributed by atoms with van der Waals surface area (Å²) < 4.78 is 5.29. The highest BCUT2D eigenvalue weighted by Gasteiger charge is 2.21. The van der Waals surface area contributed by atoms with E-state index in [-0.39, 0.29) is 6.61 Å². The Morgan fingerprint density at radius 2 is 1.86 bits per heavy atom. The molecule has 3 rings (SSSR count). The third-order valence-electron chi connectivity index (χ3n) is 4.45. The Balaban J connectivity index is 1.91. The number of methoxy groups -OCH3 is 1. The van der Waals surface area contributed by atoms with Gasteiger partial charge >= 0.3 is 0 Å². The highest BCUT2D eigenvalue weighted by Crippen LogP contribution is 2.29. The van der Waals surface area contributed by atoms with Gasteiger partial charge < -0.3 is 15.2 Å². The Hall–Kier alpha value is -1.62. The van der Waals surface area contributed by atoms with E-state index in [0.29, 0.717) is 6.04 Å². The van der Waals surface area contributed by atoms with Gasteiger partial charge in [-0.3, -0.25) is 4.90 Å². The molecule has 0 spiro atoms. The molecular weight excluding hydrogens is 276 g/mol. The van der Waals surface area contributed by atoms with E-state index in [4.69, 9.17) is 4.74 Å². The van der Waals surface area contributed by atoms with Crippen molar-refractivity contribution in [1.82, 2.24) is 10.2 Å². The first-order valence-corrected chi connectivity index (χ1v) is 7.95.